The highest BCUT2D eigenvalue weighted by molar-refractivity contribution is 5.85. The van der Waals surface area contributed by atoms with Gasteiger partial charge < -0.3 is 120 Å². The molecular weight excluding hydrogens is 1740 g/mol. The number of rotatable bonds is 55. The fraction of sp³-hybridized carbons (Fsp3) is 0.824. The summed E-state index contributed by atoms with van der Waals surface area (Å²) < 4.78 is 139. The lowest BCUT2D eigenvalue weighted by Gasteiger charge is -2.50. The summed E-state index contributed by atoms with van der Waals surface area (Å²) in [5.74, 6) is -15.5. The van der Waals surface area contributed by atoms with Crippen LogP contribution in [0.2, 0.25) is 0 Å². The Hall–Kier alpha value is -9.00. The van der Waals surface area contributed by atoms with E-state index in [-0.39, 0.29) is 12.8 Å². The van der Waals surface area contributed by atoms with Gasteiger partial charge >= 0.3 is 89.7 Å². The van der Waals surface area contributed by atoms with Crippen LogP contribution in [0.4, 0.5) is 4.79 Å². The number of carbonyl (C=O) groups excluding carboxylic acids is 16. The zero-order valence-electron chi connectivity index (χ0n) is 80.7. The monoisotopic (exact) mass is 1890 g/mol. The first-order valence-electron chi connectivity index (χ1n) is 45.9. The summed E-state index contributed by atoms with van der Waals surface area (Å²) in [6.07, 6.45) is -20.5. The van der Waals surface area contributed by atoms with E-state index in [1.807, 2.05) is 0 Å². The van der Waals surface area contributed by atoms with E-state index in [1.165, 1.54) is 52.9 Å². The second-order valence-corrected chi connectivity index (χ2v) is 35.3. The molecule has 41 heteroatoms. The summed E-state index contributed by atoms with van der Waals surface area (Å²) in [5.41, 5.74) is -2.42. The molecule has 23 atom stereocenters. The average Bonchev–Trinajstić information content (AvgIpc) is 0.760. The third kappa shape index (κ3) is 42.3. The summed E-state index contributed by atoms with van der Waals surface area (Å²) in [4.78, 5) is 218. The van der Waals surface area contributed by atoms with Gasteiger partial charge in [0.05, 0.1) is 31.8 Å². The van der Waals surface area contributed by atoms with Gasteiger partial charge in [0, 0.05) is 83.1 Å². The summed E-state index contributed by atoms with van der Waals surface area (Å²) in [6.45, 7) is 21.6. The Bertz CT molecular complexity index is 3670. The van der Waals surface area contributed by atoms with Crippen LogP contribution < -0.4 is 10.6 Å². The Kier molecular flexibility index (Phi) is 51.5. The highest BCUT2D eigenvalue weighted by Crippen LogP contribution is 2.40. The van der Waals surface area contributed by atoms with E-state index in [0.717, 1.165) is 180 Å². The van der Waals surface area contributed by atoms with Gasteiger partial charge in [-0.05, 0) is 67.2 Å². The minimum Gasteiger partial charge on any atom is -0.467 e. The number of hydrogen-bond acceptors (Lipinski definition) is 39. The third-order valence-electron chi connectivity index (χ3n) is 21.2. The van der Waals surface area contributed by atoms with Crippen molar-refractivity contribution in [2.24, 2.45) is 5.41 Å². The number of carbonyl (C=O) groups is 16. The van der Waals surface area contributed by atoms with Crippen LogP contribution in [0.3, 0.4) is 0 Å². The SMILES string of the molecule is CCCCCCCCCCCCCCC[C@@H](OC(C)=O)[C@H](CO[C@H]1O[C@H](C(=O)OC)[C@@H](O[C@H]2O[C@H](CO[C@H]3O[C@H](COC(C)=O)[C@H](OC(C)=O)[C@H](OC(C)=O)[C@H]3O[C@H]3O[C@H](COC(C)=O)[C@@H](OC(C)=O)[C@H](OC(C)=O)[C@@H]3OC(C)=O)[C@@H](OC(C)=O)[C@H](OC(C)=O)[C@H]2NC(=O)OC(C)(C)C)[C@H](OC(C)=O)[C@H]1OC(C)=O)NC(=O)[C@H](CCCCCCCCCCCC)OC(=O)C(C)(C)C. The number of ether oxygens (including phenoxy) is 23. The van der Waals surface area contributed by atoms with Gasteiger partial charge in [-0.15, -0.1) is 0 Å². The predicted octanol–water partition coefficient (Wildman–Crippen LogP) is 9.43. The van der Waals surface area contributed by atoms with Crippen molar-refractivity contribution in [2.45, 2.75) is 446 Å². The van der Waals surface area contributed by atoms with Crippen molar-refractivity contribution in [3.63, 3.8) is 0 Å². The van der Waals surface area contributed by atoms with E-state index in [9.17, 15) is 71.9 Å². The molecule has 0 radical (unpaired) electrons. The fourth-order valence-electron chi connectivity index (χ4n) is 15.4. The summed E-state index contributed by atoms with van der Waals surface area (Å²) in [5, 5.41) is 5.45. The lowest BCUT2D eigenvalue weighted by atomic mass is 9.94. The van der Waals surface area contributed by atoms with Crippen molar-refractivity contribution in [1.29, 1.82) is 0 Å². The van der Waals surface area contributed by atoms with Crippen LogP contribution in [-0.4, -0.2) is 276 Å². The molecule has 41 nitrogen and oxygen atoms in total. The fourth-order valence-corrected chi connectivity index (χ4v) is 15.4. The molecule has 4 heterocycles. The van der Waals surface area contributed by atoms with E-state index < -0.39 is 274 Å². The van der Waals surface area contributed by atoms with Crippen LogP contribution in [0.5, 0.6) is 0 Å². The minimum atomic E-state index is -2.36. The summed E-state index contributed by atoms with van der Waals surface area (Å²) in [6, 6.07) is -3.47. The lowest BCUT2D eigenvalue weighted by molar-refractivity contribution is -0.375. The molecule has 0 aromatic carbocycles. The molecule has 0 spiro atoms. The Morgan fingerprint density at radius 2 is 0.689 bits per heavy atom. The largest absolute Gasteiger partial charge is 0.467 e. The van der Waals surface area contributed by atoms with Crippen molar-refractivity contribution in [1.82, 2.24) is 10.6 Å². The summed E-state index contributed by atoms with van der Waals surface area (Å²) >= 11 is 0. The van der Waals surface area contributed by atoms with Gasteiger partial charge in [0.25, 0.3) is 5.91 Å². The molecule has 4 aliphatic rings. The van der Waals surface area contributed by atoms with Crippen molar-refractivity contribution < 1.29 is 186 Å². The number of methoxy groups -OCH3 is 1. The molecule has 0 aromatic heterocycles. The Morgan fingerprint density at radius 3 is 1.10 bits per heavy atom. The molecule has 4 fully saturated rings. The van der Waals surface area contributed by atoms with Crippen LogP contribution in [-0.2, 0) is 181 Å². The number of nitrogens with one attached hydrogen (secondary N) is 2. The molecule has 2 amide bonds. The maximum Gasteiger partial charge on any atom is 0.408 e. The van der Waals surface area contributed by atoms with Crippen LogP contribution in [0.25, 0.3) is 0 Å². The van der Waals surface area contributed by atoms with Crippen molar-refractivity contribution >= 4 is 95.6 Å². The normalized spacial score (nSPS) is 26.0. The molecule has 754 valence electrons. The third-order valence-corrected chi connectivity index (χ3v) is 21.2. The van der Waals surface area contributed by atoms with Gasteiger partial charge in [0.15, 0.2) is 98.4 Å². The number of esters is 14. The molecule has 0 aliphatic carbocycles. The Morgan fingerprint density at radius 1 is 0.341 bits per heavy atom. The van der Waals surface area contributed by atoms with E-state index in [4.69, 9.17) is 109 Å². The van der Waals surface area contributed by atoms with Gasteiger partial charge in [0.2, 0.25) is 0 Å². The molecule has 4 saturated heterocycles. The van der Waals surface area contributed by atoms with Gasteiger partial charge in [0.1, 0.15) is 55.4 Å². The molecule has 0 bridgehead atoms. The number of alkyl carbamates (subject to hydrolysis) is 1. The smallest absolute Gasteiger partial charge is 0.408 e. The van der Waals surface area contributed by atoms with Gasteiger partial charge in [-0.2, -0.15) is 0 Å². The van der Waals surface area contributed by atoms with Crippen molar-refractivity contribution in [2.75, 3.05) is 33.5 Å². The van der Waals surface area contributed by atoms with Crippen LogP contribution in [0, 0.1) is 5.41 Å². The Balaban J connectivity index is 2.04. The molecule has 4 aliphatic heterocycles. The van der Waals surface area contributed by atoms with E-state index >= 15 is 4.79 Å². The lowest BCUT2D eigenvalue weighted by Crippen LogP contribution is -2.70. The zero-order valence-corrected chi connectivity index (χ0v) is 80.7. The summed E-state index contributed by atoms with van der Waals surface area (Å²) in [7, 11) is 0.914. The van der Waals surface area contributed by atoms with Crippen molar-refractivity contribution in [3.05, 3.63) is 0 Å². The maximum atomic E-state index is 15.1. The van der Waals surface area contributed by atoms with Gasteiger partial charge in [-0.3, -0.25) is 67.1 Å². The van der Waals surface area contributed by atoms with E-state index in [0.29, 0.717) is 25.7 Å². The minimum absolute atomic E-state index is 0.0741. The first-order valence-corrected chi connectivity index (χ1v) is 45.9. The molecule has 0 saturated carbocycles. The molecule has 0 unspecified atom stereocenters. The standard InChI is InChI=1S/C91H146N2O39/c1-22-24-26-28-30-32-34-35-36-38-39-41-43-45-64(115-53(5)96)63(92-82(106)65(128-88(108)90(15,16)17)46-44-42-40-37-33-31-29-27-25-23-2)47-113-86-79(123-61(13)104)77(122-60(12)103)76(78(130-86)83(107)110-21)129-84-69(93-89(109)132-91(18,19)20)73(119-57(9)100)70(116-54(6)97)68(125-84)50-114-85-80(74(120-58(10)101)71(117-55(7)98)66(126-85)48-111-51(3)94)131-87-81(124-62(14)105)75(121-59(11)102)72(118-56(8)99)67(127-87)49-112-52(4)95/h63-81,84-87H,22-50H2,1-21H3,(H,92,106)(H,93,109)/t63-,64+,65-,66+,67+,68+,69+,70+,71-,72+,73+,74-,75-,76-,77-,78-,79+,80+,81-,84+,85-,86-,87+/m0/s1. The van der Waals surface area contributed by atoms with E-state index in [2.05, 4.69) is 24.5 Å². The topological polar surface area (TPSA) is 509 Å². The first kappa shape index (κ1) is 115. The van der Waals surface area contributed by atoms with Gasteiger partial charge in [-0.25, -0.2) is 9.59 Å². The number of hydrogen-bond donors (Lipinski definition) is 2. The van der Waals surface area contributed by atoms with Crippen LogP contribution >= 0.6 is 0 Å². The molecule has 4 rings (SSSR count). The average molecular weight is 1890 g/mol. The Labute approximate surface area is 773 Å². The number of unbranched alkanes of at least 4 members (excludes halogenated alkanes) is 21. The molecular formula is C91H146N2O39. The predicted molar refractivity (Wildman–Crippen MR) is 458 cm³/mol. The van der Waals surface area contributed by atoms with Crippen molar-refractivity contribution in [3.8, 4) is 0 Å². The maximum absolute atomic E-state index is 15.1. The van der Waals surface area contributed by atoms with E-state index in [1.54, 1.807) is 20.8 Å². The quantitative estimate of drug-likeness (QED) is 0.0325. The zero-order chi connectivity index (χ0) is 98.7. The first-order chi connectivity index (χ1) is 62.2. The molecule has 0 aromatic rings. The second-order valence-electron chi connectivity index (χ2n) is 35.3. The van der Waals surface area contributed by atoms with Crippen LogP contribution in [0.1, 0.15) is 299 Å². The molecule has 132 heavy (non-hydrogen) atoms. The number of amides is 2. The highest BCUT2D eigenvalue weighted by atomic mass is 16.8. The highest BCUT2D eigenvalue weighted by Gasteiger charge is 2.62. The van der Waals surface area contributed by atoms with Crippen LogP contribution in [0.15, 0.2) is 0 Å². The molecule has 2 N–H and O–H groups in total. The second kappa shape index (κ2) is 59.0. The van der Waals surface area contributed by atoms with Gasteiger partial charge in [-0.1, -0.05) is 149 Å².